The highest BCUT2D eigenvalue weighted by molar-refractivity contribution is 5.87. The first kappa shape index (κ1) is 8.74. The van der Waals surface area contributed by atoms with Crippen molar-refractivity contribution in [2.24, 2.45) is 5.73 Å². The lowest BCUT2D eigenvalue weighted by molar-refractivity contribution is 0.242. The lowest BCUT2D eigenvalue weighted by atomic mass is 10.3. The van der Waals surface area contributed by atoms with Crippen molar-refractivity contribution in [3.63, 3.8) is 0 Å². The van der Waals surface area contributed by atoms with Crippen LogP contribution in [0.25, 0.3) is 0 Å². The Balaban J connectivity index is 3.68. The first-order valence-electron chi connectivity index (χ1n) is 2.90. The molecular formula is C5H12N4O. The maximum Gasteiger partial charge on any atom is 0.315 e. The summed E-state index contributed by atoms with van der Waals surface area (Å²) in [5.41, 5.74) is 5.08. The van der Waals surface area contributed by atoms with Crippen LogP contribution >= 0.6 is 0 Å². The topological polar surface area (TPSA) is 91.0 Å². The minimum atomic E-state index is -0.403. The highest BCUT2D eigenvalue weighted by Crippen LogP contribution is 1.77. The number of rotatable bonds is 2. The molecule has 0 saturated heterocycles. The summed E-state index contributed by atoms with van der Waals surface area (Å²) in [4.78, 5) is 10.6. The molecule has 0 bridgehead atoms. The molecular weight excluding hydrogens is 132 g/mol. The average molecular weight is 144 g/mol. The number of amides is 2. The SMILES string of the molecule is CNC(=O)NC(C)C(=N)N. The Kier molecular flexibility index (Phi) is 3.24. The lowest BCUT2D eigenvalue weighted by Crippen LogP contribution is -2.45. The molecule has 1 unspecified atom stereocenters. The number of nitrogens with two attached hydrogens (primary N) is 1. The minimum absolute atomic E-state index is 0.0522. The summed E-state index contributed by atoms with van der Waals surface area (Å²) in [5.74, 6) is -0.0522. The molecule has 0 aliphatic rings. The van der Waals surface area contributed by atoms with E-state index in [1.807, 2.05) is 0 Å². The fraction of sp³-hybridized carbons (Fsp3) is 0.600. The minimum Gasteiger partial charge on any atom is -0.386 e. The van der Waals surface area contributed by atoms with Crippen LogP contribution in [0.2, 0.25) is 0 Å². The van der Waals surface area contributed by atoms with Gasteiger partial charge in [-0.1, -0.05) is 0 Å². The largest absolute Gasteiger partial charge is 0.386 e. The van der Waals surface area contributed by atoms with Gasteiger partial charge in [-0.2, -0.15) is 0 Å². The Labute approximate surface area is 59.5 Å². The lowest BCUT2D eigenvalue weighted by Gasteiger charge is -2.10. The van der Waals surface area contributed by atoms with Gasteiger partial charge in [-0.15, -0.1) is 0 Å². The van der Waals surface area contributed by atoms with E-state index in [0.717, 1.165) is 0 Å². The van der Waals surface area contributed by atoms with Gasteiger partial charge in [0.15, 0.2) is 0 Å². The number of carbonyl (C=O) groups excluding carboxylic acids is 1. The van der Waals surface area contributed by atoms with Crippen LogP contribution in [0, 0.1) is 5.41 Å². The predicted molar refractivity (Wildman–Crippen MR) is 39.0 cm³/mol. The molecule has 0 saturated carbocycles. The molecule has 10 heavy (non-hydrogen) atoms. The van der Waals surface area contributed by atoms with E-state index in [4.69, 9.17) is 11.1 Å². The molecule has 5 nitrogen and oxygen atoms in total. The molecule has 0 aromatic carbocycles. The van der Waals surface area contributed by atoms with Crippen LogP contribution in [0.4, 0.5) is 4.79 Å². The van der Waals surface area contributed by atoms with Gasteiger partial charge in [0.25, 0.3) is 0 Å². The van der Waals surface area contributed by atoms with E-state index in [1.165, 1.54) is 7.05 Å². The first-order chi connectivity index (χ1) is 4.57. The Bertz CT molecular complexity index is 145. The highest BCUT2D eigenvalue weighted by Gasteiger charge is 2.06. The molecule has 0 rings (SSSR count). The third kappa shape index (κ3) is 2.91. The Hall–Kier alpha value is -1.26. The molecule has 2 amide bonds. The maximum atomic E-state index is 10.6. The Morgan fingerprint density at radius 2 is 2.20 bits per heavy atom. The van der Waals surface area contributed by atoms with Crippen molar-refractivity contribution in [3.8, 4) is 0 Å². The number of hydrogen-bond donors (Lipinski definition) is 4. The van der Waals surface area contributed by atoms with Crippen molar-refractivity contribution in [2.45, 2.75) is 13.0 Å². The van der Waals surface area contributed by atoms with Crippen molar-refractivity contribution >= 4 is 11.9 Å². The first-order valence-corrected chi connectivity index (χ1v) is 2.90. The Morgan fingerprint density at radius 3 is 2.50 bits per heavy atom. The van der Waals surface area contributed by atoms with Crippen LogP contribution < -0.4 is 16.4 Å². The molecule has 0 fully saturated rings. The third-order valence-corrected chi connectivity index (χ3v) is 1.04. The van der Waals surface area contributed by atoms with E-state index in [0.29, 0.717) is 0 Å². The van der Waals surface area contributed by atoms with Gasteiger partial charge in [0.2, 0.25) is 0 Å². The van der Waals surface area contributed by atoms with E-state index >= 15 is 0 Å². The molecule has 5 heteroatoms. The van der Waals surface area contributed by atoms with Crippen LogP contribution in [0.3, 0.4) is 0 Å². The summed E-state index contributed by atoms with van der Waals surface area (Å²) >= 11 is 0. The van der Waals surface area contributed by atoms with Crippen LogP contribution in [0.5, 0.6) is 0 Å². The normalized spacial score (nSPS) is 11.8. The van der Waals surface area contributed by atoms with Gasteiger partial charge in [0.1, 0.15) is 5.84 Å². The molecule has 0 spiro atoms. The van der Waals surface area contributed by atoms with Gasteiger partial charge in [-0.25, -0.2) is 4.79 Å². The third-order valence-electron chi connectivity index (χ3n) is 1.04. The van der Waals surface area contributed by atoms with Crippen molar-refractivity contribution < 1.29 is 4.79 Å². The summed E-state index contributed by atoms with van der Waals surface area (Å²) in [6, 6.07) is -0.734. The maximum absolute atomic E-state index is 10.6. The molecule has 0 aliphatic heterocycles. The molecule has 0 aromatic rings. The quantitative estimate of drug-likeness (QED) is 0.303. The predicted octanol–water partition coefficient (Wildman–Crippen LogP) is -0.760. The number of carbonyl (C=O) groups is 1. The van der Waals surface area contributed by atoms with Gasteiger partial charge < -0.3 is 16.4 Å². The van der Waals surface area contributed by atoms with Crippen molar-refractivity contribution in [1.82, 2.24) is 10.6 Å². The molecule has 0 radical (unpaired) electrons. The fourth-order valence-electron chi connectivity index (χ4n) is 0.347. The van der Waals surface area contributed by atoms with Crippen molar-refractivity contribution in [2.75, 3.05) is 7.05 Å². The molecule has 5 N–H and O–H groups in total. The van der Waals surface area contributed by atoms with Gasteiger partial charge in [-0.05, 0) is 6.92 Å². The van der Waals surface area contributed by atoms with Crippen LogP contribution in [-0.4, -0.2) is 25.0 Å². The smallest absolute Gasteiger partial charge is 0.315 e. The summed E-state index contributed by atoms with van der Waals surface area (Å²) in [7, 11) is 1.50. The van der Waals surface area contributed by atoms with E-state index in [9.17, 15) is 4.79 Å². The van der Waals surface area contributed by atoms with Gasteiger partial charge >= 0.3 is 6.03 Å². The van der Waals surface area contributed by atoms with Gasteiger partial charge in [0, 0.05) is 7.05 Å². The summed E-state index contributed by atoms with van der Waals surface area (Å²) in [5, 5.41) is 11.7. The molecule has 1 atom stereocenters. The second-order valence-electron chi connectivity index (χ2n) is 1.90. The van der Waals surface area contributed by atoms with Crippen molar-refractivity contribution in [1.29, 1.82) is 5.41 Å². The zero-order chi connectivity index (χ0) is 8.15. The second kappa shape index (κ2) is 3.71. The molecule has 0 aliphatic carbocycles. The van der Waals surface area contributed by atoms with E-state index in [-0.39, 0.29) is 11.9 Å². The summed E-state index contributed by atoms with van der Waals surface area (Å²) in [6.45, 7) is 1.64. The second-order valence-corrected chi connectivity index (χ2v) is 1.90. The van der Waals surface area contributed by atoms with Crippen LogP contribution in [-0.2, 0) is 0 Å². The molecule has 0 heterocycles. The number of urea groups is 1. The summed E-state index contributed by atoms with van der Waals surface area (Å²) < 4.78 is 0. The van der Waals surface area contributed by atoms with Crippen LogP contribution in [0.1, 0.15) is 6.92 Å². The highest BCUT2D eigenvalue weighted by atomic mass is 16.2. The van der Waals surface area contributed by atoms with E-state index < -0.39 is 6.04 Å². The zero-order valence-corrected chi connectivity index (χ0v) is 6.06. The monoisotopic (exact) mass is 144 g/mol. The summed E-state index contributed by atoms with van der Waals surface area (Å²) in [6.07, 6.45) is 0. The standard InChI is InChI=1S/C5H12N4O/c1-3(4(6)7)9-5(10)8-2/h3H,1-2H3,(H3,6,7)(H2,8,9,10). The zero-order valence-electron chi connectivity index (χ0n) is 6.06. The Morgan fingerprint density at radius 1 is 1.70 bits per heavy atom. The number of amidine groups is 1. The molecule has 58 valence electrons. The van der Waals surface area contributed by atoms with Crippen molar-refractivity contribution in [3.05, 3.63) is 0 Å². The number of nitrogens with one attached hydrogen (secondary N) is 3. The molecule has 0 aromatic heterocycles. The fourth-order valence-corrected chi connectivity index (χ4v) is 0.347. The van der Waals surface area contributed by atoms with Crippen LogP contribution in [0.15, 0.2) is 0 Å². The van der Waals surface area contributed by atoms with E-state index in [2.05, 4.69) is 10.6 Å². The van der Waals surface area contributed by atoms with E-state index in [1.54, 1.807) is 6.92 Å². The van der Waals surface area contributed by atoms with Gasteiger partial charge in [-0.3, -0.25) is 5.41 Å². The van der Waals surface area contributed by atoms with Gasteiger partial charge in [0.05, 0.1) is 6.04 Å². The number of hydrogen-bond acceptors (Lipinski definition) is 2. The average Bonchev–Trinajstić information content (AvgIpc) is 1.87.